The Hall–Kier alpha value is -1.12. The van der Waals surface area contributed by atoms with Crippen LogP contribution < -0.4 is 4.74 Å². The van der Waals surface area contributed by atoms with Crippen molar-refractivity contribution in [2.24, 2.45) is 0 Å². The number of hydrogen-bond donors (Lipinski definition) is 0. The summed E-state index contributed by atoms with van der Waals surface area (Å²) in [5.74, 6) is 1.87. The van der Waals surface area contributed by atoms with Gasteiger partial charge in [0.15, 0.2) is 5.75 Å². The SMILES string of the molecule is CCc1nc(C(C)(C)C)nc2c1OCC2. The molecular weight excluding hydrogens is 188 g/mol. The predicted octanol–water partition coefficient (Wildman–Crippen LogP) is 2.27. The van der Waals surface area contributed by atoms with E-state index in [-0.39, 0.29) is 5.41 Å². The fraction of sp³-hybridized carbons (Fsp3) is 0.667. The van der Waals surface area contributed by atoms with Crippen molar-refractivity contribution in [2.45, 2.75) is 46.0 Å². The van der Waals surface area contributed by atoms with Crippen LogP contribution in [-0.2, 0) is 18.3 Å². The molecule has 82 valence electrons. The van der Waals surface area contributed by atoms with Crippen molar-refractivity contribution in [1.82, 2.24) is 9.97 Å². The van der Waals surface area contributed by atoms with Gasteiger partial charge in [0.1, 0.15) is 5.82 Å². The minimum absolute atomic E-state index is 0.0154. The summed E-state index contributed by atoms with van der Waals surface area (Å²) in [5.41, 5.74) is 2.16. The van der Waals surface area contributed by atoms with Crippen LogP contribution in [0.3, 0.4) is 0 Å². The summed E-state index contributed by atoms with van der Waals surface area (Å²) in [4.78, 5) is 9.20. The smallest absolute Gasteiger partial charge is 0.162 e. The summed E-state index contributed by atoms with van der Waals surface area (Å²) < 4.78 is 5.56. The molecule has 0 fully saturated rings. The normalized spacial score (nSPS) is 14.9. The van der Waals surface area contributed by atoms with Crippen molar-refractivity contribution in [1.29, 1.82) is 0 Å². The number of hydrogen-bond acceptors (Lipinski definition) is 3. The maximum Gasteiger partial charge on any atom is 0.162 e. The molecule has 0 saturated carbocycles. The van der Waals surface area contributed by atoms with Crippen LogP contribution in [0.25, 0.3) is 0 Å². The number of nitrogens with zero attached hydrogens (tertiary/aromatic N) is 2. The van der Waals surface area contributed by atoms with E-state index in [4.69, 9.17) is 4.74 Å². The molecule has 0 atom stereocenters. The predicted molar refractivity (Wildman–Crippen MR) is 59.3 cm³/mol. The molecule has 0 saturated heterocycles. The van der Waals surface area contributed by atoms with E-state index in [0.717, 1.165) is 42.4 Å². The molecule has 3 nitrogen and oxygen atoms in total. The molecule has 0 amide bonds. The first-order valence-electron chi connectivity index (χ1n) is 5.55. The molecule has 2 heterocycles. The van der Waals surface area contributed by atoms with Crippen LogP contribution in [0, 0.1) is 0 Å². The van der Waals surface area contributed by atoms with Crippen molar-refractivity contribution in [3.63, 3.8) is 0 Å². The molecule has 0 aliphatic carbocycles. The average Bonchev–Trinajstić information content (AvgIpc) is 2.62. The molecule has 2 rings (SSSR count). The Labute approximate surface area is 90.9 Å². The standard InChI is InChI=1S/C12H18N2O/c1-5-8-10-9(6-7-15-10)14-11(13-8)12(2,3)4/h5-7H2,1-4H3. The Balaban J connectivity index is 2.53. The fourth-order valence-corrected chi connectivity index (χ4v) is 1.71. The van der Waals surface area contributed by atoms with Gasteiger partial charge in [-0.3, -0.25) is 0 Å². The Kier molecular flexibility index (Phi) is 2.41. The van der Waals surface area contributed by atoms with Gasteiger partial charge in [0.2, 0.25) is 0 Å². The summed E-state index contributed by atoms with van der Waals surface area (Å²) in [6.45, 7) is 9.29. The minimum Gasteiger partial charge on any atom is -0.489 e. The highest BCUT2D eigenvalue weighted by molar-refractivity contribution is 5.37. The van der Waals surface area contributed by atoms with Gasteiger partial charge in [-0.15, -0.1) is 0 Å². The summed E-state index contributed by atoms with van der Waals surface area (Å²) in [6, 6.07) is 0. The van der Waals surface area contributed by atoms with Crippen LogP contribution in [0.2, 0.25) is 0 Å². The molecular formula is C12H18N2O. The van der Waals surface area contributed by atoms with E-state index >= 15 is 0 Å². The van der Waals surface area contributed by atoms with Gasteiger partial charge in [0.25, 0.3) is 0 Å². The lowest BCUT2D eigenvalue weighted by Gasteiger charge is -2.18. The van der Waals surface area contributed by atoms with E-state index < -0.39 is 0 Å². The molecule has 0 aromatic carbocycles. The van der Waals surface area contributed by atoms with Gasteiger partial charge in [-0.05, 0) is 6.42 Å². The Bertz CT molecular complexity index is 380. The van der Waals surface area contributed by atoms with E-state index in [2.05, 4.69) is 37.7 Å². The highest BCUT2D eigenvalue weighted by atomic mass is 16.5. The number of fused-ring (bicyclic) bond motifs is 1. The molecule has 1 aromatic heterocycles. The maximum atomic E-state index is 5.56. The summed E-state index contributed by atoms with van der Waals surface area (Å²) in [5, 5.41) is 0. The summed E-state index contributed by atoms with van der Waals surface area (Å²) >= 11 is 0. The zero-order valence-corrected chi connectivity index (χ0v) is 9.92. The van der Waals surface area contributed by atoms with Gasteiger partial charge < -0.3 is 4.74 Å². The van der Waals surface area contributed by atoms with Gasteiger partial charge in [-0.1, -0.05) is 27.7 Å². The lowest BCUT2D eigenvalue weighted by molar-refractivity contribution is 0.351. The number of rotatable bonds is 1. The lowest BCUT2D eigenvalue weighted by atomic mass is 9.95. The Morgan fingerprint density at radius 2 is 2.00 bits per heavy atom. The van der Waals surface area contributed by atoms with Crippen LogP contribution in [0.15, 0.2) is 0 Å². The maximum absolute atomic E-state index is 5.56. The van der Waals surface area contributed by atoms with E-state index in [1.165, 1.54) is 0 Å². The molecule has 0 N–H and O–H groups in total. The minimum atomic E-state index is 0.0154. The topological polar surface area (TPSA) is 35.0 Å². The van der Waals surface area contributed by atoms with Crippen LogP contribution >= 0.6 is 0 Å². The van der Waals surface area contributed by atoms with Gasteiger partial charge in [0, 0.05) is 11.8 Å². The van der Waals surface area contributed by atoms with Crippen LogP contribution in [0.4, 0.5) is 0 Å². The Morgan fingerprint density at radius 1 is 1.27 bits per heavy atom. The molecule has 0 radical (unpaired) electrons. The molecule has 0 unspecified atom stereocenters. The first-order valence-corrected chi connectivity index (χ1v) is 5.55. The number of aromatic nitrogens is 2. The lowest BCUT2D eigenvalue weighted by Crippen LogP contribution is -2.18. The molecule has 1 aliphatic heterocycles. The zero-order chi connectivity index (χ0) is 11.1. The second-order valence-electron chi connectivity index (χ2n) is 4.97. The van der Waals surface area contributed by atoms with E-state index in [0.29, 0.717) is 0 Å². The quantitative estimate of drug-likeness (QED) is 0.707. The average molecular weight is 206 g/mol. The van der Waals surface area contributed by atoms with Crippen molar-refractivity contribution in [3.05, 3.63) is 17.2 Å². The van der Waals surface area contributed by atoms with Gasteiger partial charge in [-0.2, -0.15) is 0 Å². The molecule has 3 heteroatoms. The molecule has 0 bridgehead atoms. The van der Waals surface area contributed by atoms with Gasteiger partial charge in [0.05, 0.1) is 18.0 Å². The van der Waals surface area contributed by atoms with Crippen LogP contribution in [-0.4, -0.2) is 16.6 Å². The third kappa shape index (κ3) is 1.83. The molecule has 1 aliphatic rings. The van der Waals surface area contributed by atoms with Crippen LogP contribution in [0.5, 0.6) is 5.75 Å². The highest BCUT2D eigenvalue weighted by Crippen LogP contribution is 2.30. The van der Waals surface area contributed by atoms with E-state index in [1.807, 2.05) is 0 Å². The second-order valence-corrected chi connectivity index (χ2v) is 4.97. The third-order valence-corrected chi connectivity index (χ3v) is 2.60. The third-order valence-electron chi connectivity index (χ3n) is 2.60. The van der Waals surface area contributed by atoms with Crippen molar-refractivity contribution >= 4 is 0 Å². The second kappa shape index (κ2) is 3.47. The fourth-order valence-electron chi connectivity index (χ4n) is 1.71. The molecule has 1 aromatic rings. The largest absolute Gasteiger partial charge is 0.489 e. The van der Waals surface area contributed by atoms with Crippen molar-refractivity contribution in [2.75, 3.05) is 6.61 Å². The number of ether oxygens (including phenoxy) is 1. The zero-order valence-electron chi connectivity index (χ0n) is 9.92. The number of aryl methyl sites for hydroxylation is 1. The summed E-state index contributed by atoms with van der Waals surface area (Å²) in [7, 11) is 0. The Morgan fingerprint density at radius 3 is 2.60 bits per heavy atom. The van der Waals surface area contributed by atoms with E-state index in [9.17, 15) is 0 Å². The first kappa shape index (κ1) is 10.4. The monoisotopic (exact) mass is 206 g/mol. The van der Waals surface area contributed by atoms with Gasteiger partial charge >= 0.3 is 0 Å². The summed E-state index contributed by atoms with van der Waals surface area (Å²) in [6.07, 6.45) is 1.84. The van der Waals surface area contributed by atoms with Gasteiger partial charge in [-0.25, -0.2) is 9.97 Å². The highest BCUT2D eigenvalue weighted by Gasteiger charge is 2.24. The van der Waals surface area contributed by atoms with Crippen molar-refractivity contribution in [3.8, 4) is 5.75 Å². The molecule has 0 spiro atoms. The molecule has 15 heavy (non-hydrogen) atoms. The van der Waals surface area contributed by atoms with Crippen molar-refractivity contribution < 1.29 is 4.74 Å². The van der Waals surface area contributed by atoms with E-state index in [1.54, 1.807) is 0 Å². The first-order chi connectivity index (χ1) is 7.02. The van der Waals surface area contributed by atoms with Crippen LogP contribution in [0.1, 0.15) is 44.9 Å².